The Kier molecular flexibility index (Phi) is 5.10. The van der Waals surface area contributed by atoms with Gasteiger partial charge >= 0.3 is 0 Å². The summed E-state index contributed by atoms with van der Waals surface area (Å²) in [4.78, 5) is 18.4. The molecular weight excluding hydrogens is 415 g/mol. The number of hydrogen-bond acceptors (Lipinski definition) is 3. The second-order valence-corrected chi connectivity index (χ2v) is 8.77. The number of benzene rings is 3. The highest BCUT2D eigenvalue weighted by Gasteiger charge is 2.41. The molecule has 1 aliphatic heterocycles. The number of ketones is 1. The van der Waals surface area contributed by atoms with Crippen LogP contribution in [0.15, 0.2) is 77.8 Å². The van der Waals surface area contributed by atoms with Crippen molar-refractivity contribution in [1.82, 2.24) is 0 Å². The van der Waals surface area contributed by atoms with E-state index in [0.717, 1.165) is 34.6 Å². The van der Waals surface area contributed by atoms with Gasteiger partial charge < -0.3 is 5.32 Å². The predicted octanol–water partition coefficient (Wildman–Crippen LogP) is 7.00. The minimum absolute atomic E-state index is 0.107. The molecular formula is C25H20Cl2N2O. The highest BCUT2D eigenvalue weighted by atomic mass is 35.5. The molecule has 2 aliphatic rings. The van der Waals surface area contributed by atoms with Crippen LogP contribution >= 0.6 is 23.2 Å². The number of anilines is 1. The molecule has 3 atom stereocenters. The molecule has 0 saturated heterocycles. The van der Waals surface area contributed by atoms with Crippen LogP contribution in [0, 0.1) is 5.92 Å². The van der Waals surface area contributed by atoms with Gasteiger partial charge in [0.15, 0.2) is 0 Å². The van der Waals surface area contributed by atoms with Gasteiger partial charge in [-0.3, -0.25) is 9.79 Å². The summed E-state index contributed by atoms with van der Waals surface area (Å²) in [5, 5.41) is 4.94. The number of rotatable bonds is 2. The van der Waals surface area contributed by atoms with Gasteiger partial charge in [0.2, 0.25) is 0 Å². The molecule has 3 unspecified atom stereocenters. The van der Waals surface area contributed by atoms with Crippen molar-refractivity contribution in [3.63, 3.8) is 0 Å². The van der Waals surface area contributed by atoms with E-state index >= 15 is 0 Å². The van der Waals surface area contributed by atoms with E-state index in [2.05, 4.69) is 5.32 Å². The van der Waals surface area contributed by atoms with Crippen LogP contribution in [-0.4, -0.2) is 11.5 Å². The summed E-state index contributed by atoms with van der Waals surface area (Å²) >= 11 is 12.3. The fraction of sp³-hybridized carbons (Fsp3) is 0.200. The van der Waals surface area contributed by atoms with Gasteiger partial charge in [-0.25, -0.2) is 0 Å². The number of fused-ring (bicyclic) bond motifs is 2. The molecule has 0 aromatic heterocycles. The van der Waals surface area contributed by atoms with Crippen LogP contribution in [0.3, 0.4) is 0 Å². The first-order chi connectivity index (χ1) is 14.6. The highest BCUT2D eigenvalue weighted by molar-refractivity contribution is 6.30. The molecule has 0 spiro atoms. The van der Waals surface area contributed by atoms with Gasteiger partial charge in [0.25, 0.3) is 0 Å². The molecule has 1 heterocycles. The highest BCUT2D eigenvalue weighted by Crippen LogP contribution is 2.44. The Morgan fingerprint density at radius 3 is 2.43 bits per heavy atom. The van der Waals surface area contributed by atoms with Crippen LogP contribution in [-0.2, 0) is 4.79 Å². The van der Waals surface area contributed by atoms with Crippen molar-refractivity contribution in [2.75, 3.05) is 5.32 Å². The topological polar surface area (TPSA) is 41.5 Å². The van der Waals surface area contributed by atoms with Crippen LogP contribution in [0.1, 0.15) is 35.9 Å². The first-order valence-corrected chi connectivity index (χ1v) is 10.8. The fourth-order valence-electron chi connectivity index (χ4n) is 4.55. The third-order valence-corrected chi connectivity index (χ3v) is 6.46. The van der Waals surface area contributed by atoms with Gasteiger partial charge in [0, 0.05) is 22.2 Å². The van der Waals surface area contributed by atoms with E-state index in [-0.39, 0.29) is 23.7 Å². The Hall–Kier alpha value is -2.62. The third kappa shape index (κ3) is 3.64. The summed E-state index contributed by atoms with van der Waals surface area (Å²) in [5.74, 6) is -0.0142. The van der Waals surface area contributed by atoms with E-state index in [1.807, 2.05) is 72.8 Å². The van der Waals surface area contributed by atoms with Gasteiger partial charge in [-0.2, -0.15) is 0 Å². The number of nitrogens with one attached hydrogen (secondary N) is 1. The molecule has 5 heteroatoms. The number of nitrogens with zero attached hydrogens (tertiary/aromatic N) is 1. The summed E-state index contributed by atoms with van der Waals surface area (Å²) in [6, 6.07) is 23.3. The van der Waals surface area contributed by atoms with Crippen molar-refractivity contribution in [3.05, 3.63) is 94.0 Å². The summed E-state index contributed by atoms with van der Waals surface area (Å²) in [5.41, 5.74) is 4.84. The minimum Gasteiger partial charge on any atom is -0.375 e. The predicted molar refractivity (Wildman–Crippen MR) is 123 cm³/mol. The minimum atomic E-state index is -0.320. The van der Waals surface area contributed by atoms with E-state index in [1.54, 1.807) is 0 Å². The van der Waals surface area contributed by atoms with Crippen molar-refractivity contribution < 1.29 is 4.79 Å². The molecule has 3 aromatic rings. The van der Waals surface area contributed by atoms with E-state index in [1.165, 1.54) is 0 Å². The quantitative estimate of drug-likeness (QED) is 0.471. The molecule has 3 aromatic carbocycles. The van der Waals surface area contributed by atoms with E-state index in [0.29, 0.717) is 16.5 Å². The number of hydrogen-bond donors (Lipinski definition) is 1. The molecule has 1 fully saturated rings. The fourth-order valence-corrected chi connectivity index (χ4v) is 4.87. The molecule has 5 rings (SSSR count). The zero-order valence-electron chi connectivity index (χ0n) is 16.2. The lowest BCUT2D eigenvalue weighted by atomic mass is 9.72. The Labute approximate surface area is 185 Å². The number of aliphatic imine (C=N–C) groups is 1. The summed E-state index contributed by atoms with van der Waals surface area (Å²) in [7, 11) is 0. The van der Waals surface area contributed by atoms with Crippen molar-refractivity contribution in [3.8, 4) is 0 Å². The Morgan fingerprint density at radius 1 is 0.833 bits per heavy atom. The maximum Gasteiger partial charge on any atom is 0.144 e. The second kappa shape index (κ2) is 7.90. The number of para-hydroxylation sites is 2. The molecule has 0 bridgehead atoms. The molecule has 0 amide bonds. The van der Waals surface area contributed by atoms with E-state index in [9.17, 15) is 4.79 Å². The van der Waals surface area contributed by atoms with Gasteiger partial charge in [-0.1, -0.05) is 59.6 Å². The van der Waals surface area contributed by atoms with Crippen molar-refractivity contribution in [2.45, 2.75) is 24.8 Å². The number of carbonyl (C=O) groups is 1. The van der Waals surface area contributed by atoms with Crippen molar-refractivity contribution in [1.29, 1.82) is 0 Å². The SMILES string of the molecule is O=C1CC(c2ccc(Cl)cc2)CC2=Nc3ccccc3NC(c3cccc(Cl)c3)C12. The smallest absolute Gasteiger partial charge is 0.144 e. The Morgan fingerprint density at radius 2 is 1.63 bits per heavy atom. The van der Waals surface area contributed by atoms with E-state index < -0.39 is 0 Å². The average Bonchev–Trinajstić information content (AvgIpc) is 2.91. The van der Waals surface area contributed by atoms with Crippen molar-refractivity contribution >= 4 is 46.1 Å². The number of halogens is 2. The molecule has 30 heavy (non-hydrogen) atoms. The van der Waals surface area contributed by atoms with Crippen LogP contribution < -0.4 is 5.32 Å². The lowest BCUT2D eigenvalue weighted by Crippen LogP contribution is -2.38. The molecule has 1 N–H and O–H groups in total. The first kappa shape index (κ1) is 19.3. The monoisotopic (exact) mass is 434 g/mol. The van der Waals surface area contributed by atoms with Crippen LogP contribution in [0.25, 0.3) is 0 Å². The summed E-state index contributed by atoms with van der Waals surface area (Å²) < 4.78 is 0. The summed E-state index contributed by atoms with van der Waals surface area (Å²) in [6.45, 7) is 0. The van der Waals surface area contributed by atoms with Gasteiger partial charge in [0.05, 0.1) is 23.3 Å². The maximum absolute atomic E-state index is 13.5. The Balaban J connectivity index is 1.59. The standard InChI is InChI=1S/C25H20Cl2N2O/c26-18-10-8-15(9-11-18)17-13-22-24(23(30)14-17)25(16-4-3-5-19(27)12-16)29-21-7-2-1-6-20(21)28-22/h1-12,17,24-25,29H,13-14H2. The van der Waals surface area contributed by atoms with Crippen LogP contribution in [0.4, 0.5) is 11.4 Å². The van der Waals surface area contributed by atoms with E-state index in [4.69, 9.17) is 28.2 Å². The lowest BCUT2D eigenvalue weighted by molar-refractivity contribution is -0.122. The number of Topliss-reactive ketones (excluding diaryl/α,β-unsaturated/α-hetero) is 1. The van der Waals surface area contributed by atoms with Crippen LogP contribution in [0.5, 0.6) is 0 Å². The molecule has 1 saturated carbocycles. The van der Waals surface area contributed by atoms with Crippen LogP contribution in [0.2, 0.25) is 10.0 Å². The lowest BCUT2D eigenvalue weighted by Gasteiger charge is -2.34. The summed E-state index contributed by atoms with van der Waals surface area (Å²) in [6.07, 6.45) is 1.23. The Bertz CT molecular complexity index is 1140. The zero-order chi connectivity index (χ0) is 20.7. The average molecular weight is 435 g/mol. The normalized spacial score (nSPS) is 22.9. The third-order valence-electron chi connectivity index (χ3n) is 5.97. The molecule has 0 radical (unpaired) electrons. The zero-order valence-corrected chi connectivity index (χ0v) is 17.7. The van der Waals surface area contributed by atoms with Gasteiger partial charge in [-0.15, -0.1) is 0 Å². The largest absolute Gasteiger partial charge is 0.375 e. The van der Waals surface area contributed by atoms with Crippen molar-refractivity contribution in [2.24, 2.45) is 10.9 Å². The molecule has 1 aliphatic carbocycles. The molecule has 3 nitrogen and oxygen atoms in total. The number of carbonyl (C=O) groups excluding carboxylic acids is 1. The first-order valence-electron chi connectivity index (χ1n) is 10.0. The van der Waals surface area contributed by atoms with Gasteiger partial charge in [-0.05, 0) is 59.9 Å². The molecule has 150 valence electrons. The second-order valence-electron chi connectivity index (χ2n) is 7.90. The maximum atomic E-state index is 13.5. The van der Waals surface area contributed by atoms with Gasteiger partial charge in [0.1, 0.15) is 5.78 Å².